The highest BCUT2D eigenvalue weighted by Crippen LogP contribution is 2.34. The van der Waals surface area contributed by atoms with Crippen molar-refractivity contribution in [1.82, 2.24) is 24.8 Å². The SMILES string of the molecule is Cc1cn(-c2cc(CN3CCC[C@H](NC(=O)OC(C)(C)C)C3)cc(NC(=O)c3cc(-c4ccc5c(c4)OCCO5)ccn3)c2)cn1. The summed E-state index contributed by atoms with van der Waals surface area (Å²) in [5.74, 6) is 1.08. The van der Waals surface area contributed by atoms with Crippen LogP contribution in [0, 0.1) is 6.92 Å². The summed E-state index contributed by atoms with van der Waals surface area (Å²) < 4.78 is 18.8. The number of rotatable bonds is 7. The minimum atomic E-state index is -0.548. The molecule has 6 rings (SSSR count). The molecule has 11 nitrogen and oxygen atoms in total. The van der Waals surface area contributed by atoms with Crippen LogP contribution in [-0.4, -0.2) is 69.4 Å². The van der Waals surface area contributed by atoms with E-state index in [1.165, 1.54) is 0 Å². The number of pyridine rings is 1. The van der Waals surface area contributed by atoms with Gasteiger partial charge in [-0.25, -0.2) is 9.78 Å². The number of anilines is 1. The number of benzene rings is 2. The molecule has 0 bridgehead atoms. The summed E-state index contributed by atoms with van der Waals surface area (Å²) >= 11 is 0. The van der Waals surface area contributed by atoms with Crippen molar-refractivity contribution in [2.45, 2.75) is 58.7 Å². The average Bonchev–Trinajstić information content (AvgIpc) is 3.46. The number of hydrogen-bond acceptors (Lipinski definition) is 8. The van der Waals surface area contributed by atoms with E-state index in [0.29, 0.717) is 49.2 Å². The summed E-state index contributed by atoms with van der Waals surface area (Å²) in [7, 11) is 0. The van der Waals surface area contributed by atoms with E-state index in [1.807, 2.05) is 74.9 Å². The lowest BCUT2D eigenvalue weighted by molar-refractivity contribution is 0.0470. The predicted octanol–water partition coefficient (Wildman–Crippen LogP) is 5.76. The van der Waals surface area contributed by atoms with Gasteiger partial charge in [-0.05, 0) is 106 Å². The van der Waals surface area contributed by atoms with Gasteiger partial charge in [0.25, 0.3) is 5.91 Å². The van der Waals surface area contributed by atoms with Gasteiger partial charge in [-0.3, -0.25) is 14.7 Å². The molecule has 0 saturated carbocycles. The third-order valence-electron chi connectivity index (χ3n) is 7.75. The van der Waals surface area contributed by atoms with Gasteiger partial charge < -0.3 is 29.4 Å². The fraction of sp³-hybridized carbons (Fsp3) is 0.371. The standard InChI is InChI=1S/C35H40N6O5/c1-23-19-41(22-37-23)29-15-24(20-40-11-5-6-27(21-40)39-34(43)46-35(2,3)4)14-28(18-29)38-33(42)30-16-26(9-10-36-30)25-7-8-31-32(17-25)45-13-12-44-31/h7-10,14-19,22,27H,5-6,11-13,20-21H2,1-4H3,(H,38,42)(H,39,43)/t27-/m0/s1. The maximum absolute atomic E-state index is 13.5. The first-order chi connectivity index (χ1) is 22.1. The molecule has 2 N–H and O–H groups in total. The summed E-state index contributed by atoms with van der Waals surface area (Å²) in [5, 5.41) is 6.09. The van der Waals surface area contributed by atoms with Crippen molar-refractivity contribution in [2.75, 3.05) is 31.6 Å². The number of aryl methyl sites for hydroxylation is 1. The minimum absolute atomic E-state index is 0.00481. The smallest absolute Gasteiger partial charge is 0.407 e. The third kappa shape index (κ3) is 7.84. The number of amides is 2. The van der Waals surface area contributed by atoms with Crippen LogP contribution in [0.3, 0.4) is 0 Å². The number of alkyl carbamates (subject to hydrolysis) is 1. The second-order valence-corrected chi connectivity index (χ2v) is 12.8. The fourth-order valence-electron chi connectivity index (χ4n) is 5.75. The number of aromatic nitrogens is 3. The Kier molecular flexibility index (Phi) is 8.94. The van der Waals surface area contributed by atoms with Crippen LogP contribution in [-0.2, 0) is 11.3 Å². The summed E-state index contributed by atoms with van der Waals surface area (Å²) in [6, 6.07) is 15.4. The Morgan fingerprint density at radius 1 is 1.00 bits per heavy atom. The number of ether oxygens (including phenoxy) is 3. The van der Waals surface area contributed by atoms with Crippen LogP contribution >= 0.6 is 0 Å². The minimum Gasteiger partial charge on any atom is -0.486 e. The van der Waals surface area contributed by atoms with Crippen LogP contribution in [0.1, 0.15) is 55.4 Å². The van der Waals surface area contributed by atoms with Crippen molar-refractivity contribution in [3.8, 4) is 28.3 Å². The molecule has 0 aliphatic carbocycles. The highest BCUT2D eigenvalue weighted by Gasteiger charge is 2.25. The maximum atomic E-state index is 13.5. The second kappa shape index (κ2) is 13.2. The largest absolute Gasteiger partial charge is 0.486 e. The number of carbonyl (C=O) groups excluding carboxylic acids is 2. The van der Waals surface area contributed by atoms with E-state index in [-0.39, 0.29) is 11.9 Å². The van der Waals surface area contributed by atoms with Crippen molar-refractivity contribution in [1.29, 1.82) is 0 Å². The van der Waals surface area contributed by atoms with E-state index in [0.717, 1.165) is 47.5 Å². The lowest BCUT2D eigenvalue weighted by atomic mass is 10.0. The number of hydrogen-bond donors (Lipinski definition) is 2. The van der Waals surface area contributed by atoms with E-state index in [9.17, 15) is 9.59 Å². The van der Waals surface area contributed by atoms with Crippen LogP contribution in [0.5, 0.6) is 11.5 Å². The van der Waals surface area contributed by atoms with Crippen molar-refractivity contribution < 1.29 is 23.8 Å². The Morgan fingerprint density at radius 2 is 1.80 bits per heavy atom. The number of piperidine rings is 1. The average molecular weight is 625 g/mol. The monoisotopic (exact) mass is 624 g/mol. The molecule has 11 heteroatoms. The molecule has 4 heterocycles. The number of carbonyl (C=O) groups is 2. The van der Waals surface area contributed by atoms with Gasteiger partial charge in [-0.15, -0.1) is 0 Å². The molecule has 0 radical (unpaired) electrons. The van der Waals surface area contributed by atoms with E-state index in [4.69, 9.17) is 14.2 Å². The summed E-state index contributed by atoms with van der Waals surface area (Å²) in [6.45, 7) is 10.8. The normalized spacial score (nSPS) is 16.5. The number of imidazole rings is 1. The molecule has 2 aromatic heterocycles. The van der Waals surface area contributed by atoms with E-state index in [1.54, 1.807) is 18.6 Å². The molecule has 0 spiro atoms. The zero-order valence-electron chi connectivity index (χ0n) is 26.7. The summed E-state index contributed by atoms with van der Waals surface area (Å²) in [6.07, 6.45) is 6.80. The van der Waals surface area contributed by atoms with Gasteiger partial charge in [0.2, 0.25) is 0 Å². The van der Waals surface area contributed by atoms with Crippen LogP contribution in [0.15, 0.2) is 67.3 Å². The van der Waals surface area contributed by atoms with Crippen LogP contribution in [0.2, 0.25) is 0 Å². The molecule has 4 aromatic rings. The lowest BCUT2D eigenvalue weighted by Gasteiger charge is -2.33. The van der Waals surface area contributed by atoms with Gasteiger partial charge in [0.1, 0.15) is 24.5 Å². The van der Waals surface area contributed by atoms with Crippen LogP contribution in [0.4, 0.5) is 10.5 Å². The Morgan fingerprint density at radius 3 is 2.59 bits per heavy atom. The molecule has 2 aliphatic heterocycles. The number of nitrogens with one attached hydrogen (secondary N) is 2. The molecule has 2 aliphatic rings. The molecule has 1 atom stereocenters. The highest BCUT2D eigenvalue weighted by molar-refractivity contribution is 6.03. The van der Waals surface area contributed by atoms with Gasteiger partial charge in [0.05, 0.1) is 12.0 Å². The molecule has 2 amide bonds. The molecule has 2 aromatic carbocycles. The molecule has 1 fully saturated rings. The molecular formula is C35H40N6O5. The molecule has 240 valence electrons. The van der Waals surface area contributed by atoms with Gasteiger partial charge in [-0.1, -0.05) is 6.07 Å². The summed E-state index contributed by atoms with van der Waals surface area (Å²) in [4.78, 5) is 37.0. The maximum Gasteiger partial charge on any atom is 0.407 e. The summed E-state index contributed by atoms with van der Waals surface area (Å²) in [5.41, 5.74) is 4.94. The number of likely N-dealkylation sites (tertiary alicyclic amines) is 1. The highest BCUT2D eigenvalue weighted by atomic mass is 16.6. The first-order valence-corrected chi connectivity index (χ1v) is 15.6. The van der Waals surface area contributed by atoms with Crippen molar-refractivity contribution in [3.05, 3.63) is 84.2 Å². The Bertz CT molecular complexity index is 1730. The second-order valence-electron chi connectivity index (χ2n) is 12.8. The third-order valence-corrected chi connectivity index (χ3v) is 7.75. The van der Waals surface area contributed by atoms with Crippen molar-refractivity contribution in [2.24, 2.45) is 0 Å². The molecule has 0 unspecified atom stereocenters. The van der Waals surface area contributed by atoms with Crippen molar-refractivity contribution in [3.63, 3.8) is 0 Å². The fourth-order valence-corrected chi connectivity index (χ4v) is 5.75. The lowest BCUT2D eigenvalue weighted by Crippen LogP contribution is -2.48. The van der Waals surface area contributed by atoms with Gasteiger partial charge in [-0.2, -0.15) is 0 Å². The molecule has 46 heavy (non-hydrogen) atoms. The van der Waals surface area contributed by atoms with Gasteiger partial charge in [0.15, 0.2) is 11.5 Å². The van der Waals surface area contributed by atoms with Crippen LogP contribution < -0.4 is 20.1 Å². The van der Waals surface area contributed by atoms with E-state index < -0.39 is 11.7 Å². The van der Waals surface area contributed by atoms with Gasteiger partial charge >= 0.3 is 6.09 Å². The van der Waals surface area contributed by atoms with Crippen molar-refractivity contribution >= 4 is 17.7 Å². The zero-order chi connectivity index (χ0) is 32.3. The Balaban J connectivity index is 1.20. The topological polar surface area (TPSA) is 120 Å². The van der Waals surface area contributed by atoms with E-state index in [2.05, 4.69) is 31.6 Å². The molecule has 1 saturated heterocycles. The van der Waals surface area contributed by atoms with E-state index >= 15 is 0 Å². The Hall–Kier alpha value is -4.90. The van der Waals surface area contributed by atoms with Gasteiger partial charge in [0, 0.05) is 42.9 Å². The number of fused-ring (bicyclic) bond motifs is 1. The first-order valence-electron chi connectivity index (χ1n) is 15.6. The molecular weight excluding hydrogens is 584 g/mol. The van der Waals surface area contributed by atoms with Crippen LogP contribution in [0.25, 0.3) is 16.8 Å². The number of nitrogens with zero attached hydrogens (tertiary/aromatic N) is 4. The Labute approximate surface area is 268 Å². The predicted molar refractivity (Wildman–Crippen MR) is 175 cm³/mol. The zero-order valence-corrected chi connectivity index (χ0v) is 26.7. The quantitative estimate of drug-likeness (QED) is 0.267. The first kappa shape index (κ1) is 31.1.